The first-order chi connectivity index (χ1) is 16.7. The van der Waals surface area contributed by atoms with Crippen LogP contribution in [-0.2, 0) is 19.6 Å². The van der Waals surface area contributed by atoms with Gasteiger partial charge in [0.15, 0.2) is 11.7 Å². The summed E-state index contributed by atoms with van der Waals surface area (Å²) in [6.07, 6.45) is 3.66. The summed E-state index contributed by atoms with van der Waals surface area (Å²) in [5.41, 5.74) is 0.515. The van der Waals surface area contributed by atoms with Gasteiger partial charge in [-0.15, -0.1) is 0 Å². The van der Waals surface area contributed by atoms with Crippen LogP contribution in [0.3, 0.4) is 0 Å². The highest BCUT2D eigenvalue weighted by molar-refractivity contribution is 7.89. The summed E-state index contributed by atoms with van der Waals surface area (Å²) in [6, 6.07) is 9.58. The number of carbonyl (C=O) groups excluding carboxylic acids is 2. The highest BCUT2D eigenvalue weighted by Crippen LogP contribution is 2.29. The highest BCUT2D eigenvalue weighted by Gasteiger charge is 2.25. The number of fused-ring (bicyclic) bond motifs is 1. The number of nitro groups is 1. The van der Waals surface area contributed by atoms with Gasteiger partial charge >= 0.3 is 5.97 Å². The third kappa shape index (κ3) is 5.81. The van der Waals surface area contributed by atoms with Gasteiger partial charge in [-0.25, -0.2) is 18.2 Å². The van der Waals surface area contributed by atoms with Gasteiger partial charge in [0.1, 0.15) is 0 Å². The van der Waals surface area contributed by atoms with E-state index in [-0.39, 0.29) is 21.3 Å². The number of amides is 1. The molecule has 3 aromatic rings. The number of ether oxygens (including phenoxy) is 1. The molecule has 0 aliphatic carbocycles. The largest absolute Gasteiger partial charge is 0.452 e. The molecule has 2 aromatic carbocycles. The first-order valence-electron chi connectivity index (χ1n) is 10.9. The molecule has 1 amide bonds. The highest BCUT2D eigenvalue weighted by atomic mass is 32.2. The first-order valence-corrected chi connectivity index (χ1v) is 13.1. The van der Waals surface area contributed by atoms with Crippen LogP contribution in [0.4, 0.5) is 10.8 Å². The number of thiazole rings is 1. The van der Waals surface area contributed by atoms with Crippen molar-refractivity contribution < 1.29 is 27.7 Å². The van der Waals surface area contributed by atoms with Crippen LogP contribution < -0.4 is 5.32 Å². The number of rotatable bonds is 7. The second-order valence-corrected chi connectivity index (χ2v) is 10.9. The Balaban J connectivity index is 1.34. The van der Waals surface area contributed by atoms with Crippen molar-refractivity contribution in [2.45, 2.75) is 30.6 Å². The molecule has 13 heteroatoms. The van der Waals surface area contributed by atoms with Crippen LogP contribution in [0, 0.1) is 10.1 Å². The number of nitrogens with one attached hydrogen (secondary N) is 1. The SMILES string of the molecule is O=C(COC(=O)c1ccc(S(=O)(=O)N2CCCCCC2)cc1)Nc1nc2ccc([N+](=O)[O-])cc2s1. The molecular formula is C22H22N4O7S2. The van der Waals surface area contributed by atoms with Crippen LogP contribution in [-0.4, -0.2) is 54.2 Å². The third-order valence-corrected chi connectivity index (χ3v) is 8.30. The predicted molar refractivity (Wildman–Crippen MR) is 129 cm³/mol. The van der Waals surface area contributed by atoms with E-state index in [1.807, 2.05) is 0 Å². The minimum absolute atomic E-state index is 0.0850. The number of sulfonamides is 1. The van der Waals surface area contributed by atoms with Crippen molar-refractivity contribution >= 4 is 54.3 Å². The molecule has 1 aliphatic heterocycles. The lowest BCUT2D eigenvalue weighted by atomic mass is 10.2. The number of nitrogens with zero attached hydrogens (tertiary/aromatic N) is 3. The third-order valence-electron chi connectivity index (χ3n) is 5.46. The van der Waals surface area contributed by atoms with Crippen LogP contribution in [0.5, 0.6) is 0 Å². The number of esters is 1. The van der Waals surface area contributed by atoms with Crippen molar-refractivity contribution in [1.82, 2.24) is 9.29 Å². The van der Waals surface area contributed by atoms with Gasteiger partial charge in [0, 0.05) is 25.2 Å². The van der Waals surface area contributed by atoms with E-state index in [2.05, 4.69) is 10.3 Å². The maximum atomic E-state index is 12.8. The standard InChI is InChI=1S/C22H22N4O7S2/c27-20(24-22-23-18-10-7-16(26(29)30)13-19(18)34-22)14-33-21(28)15-5-8-17(9-6-15)35(31,32)25-11-3-1-2-4-12-25/h5-10,13H,1-4,11-12,14H2,(H,23,24,27). The van der Waals surface area contributed by atoms with Gasteiger partial charge in [0.2, 0.25) is 10.0 Å². The normalized spacial score (nSPS) is 14.9. The van der Waals surface area contributed by atoms with Crippen LogP contribution in [0.15, 0.2) is 47.4 Å². The van der Waals surface area contributed by atoms with E-state index in [0.29, 0.717) is 23.3 Å². The number of hydrogen-bond donors (Lipinski definition) is 1. The Kier molecular flexibility index (Phi) is 7.38. The van der Waals surface area contributed by atoms with E-state index < -0.39 is 33.4 Å². The molecule has 35 heavy (non-hydrogen) atoms. The average molecular weight is 519 g/mol. The van der Waals surface area contributed by atoms with Gasteiger partial charge in [-0.3, -0.25) is 20.2 Å². The minimum atomic E-state index is -3.63. The molecule has 0 spiro atoms. The molecule has 0 saturated carbocycles. The van der Waals surface area contributed by atoms with Crippen LogP contribution in [0.25, 0.3) is 10.2 Å². The molecule has 2 heterocycles. The molecule has 1 aromatic heterocycles. The number of non-ortho nitro benzene ring substituents is 1. The predicted octanol–water partition coefficient (Wildman–Crippen LogP) is 3.56. The molecule has 1 aliphatic rings. The minimum Gasteiger partial charge on any atom is -0.452 e. The number of hydrogen-bond acceptors (Lipinski definition) is 9. The molecule has 1 N–H and O–H groups in total. The summed E-state index contributed by atoms with van der Waals surface area (Å²) in [6.45, 7) is 0.377. The second-order valence-electron chi connectivity index (χ2n) is 7.90. The van der Waals surface area contributed by atoms with E-state index >= 15 is 0 Å². The zero-order valence-electron chi connectivity index (χ0n) is 18.5. The fourth-order valence-electron chi connectivity index (χ4n) is 3.64. The van der Waals surface area contributed by atoms with Gasteiger partial charge in [-0.05, 0) is 43.2 Å². The molecular weight excluding hydrogens is 496 g/mol. The maximum absolute atomic E-state index is 12.8. The molecule has 0 radical (unpaired) electrons. The van der Waals surface area contributed by atoms with Crippen molar-refractivity contribution in [2.24, 2.45) is 0 Å². The quantitative estimate of drug-likeness (QED) is 0.283. The van der Waals surface area contributed by atoms with Crippen molar-refractivity contribution in [2.75, 3.05) is 25.0 Å². The Morgan fingerprint density at radius 3 is 2.43 bits per heavy atom. The molecule has 0 atom stereocenters. The maximum Gasteiger partial charge on any atom is 0.338 e. The monoisotopic (exact) mass is 518 g/mol. The topological polar surface area (TPSA) is 149 Å². The molecule has 11 nitrogen and oxygen atoms in total. The van der Waals surface area contributed by atoms with Crippen molar-refractivity contribution in [3.8, 4) is 0 Å². The first kappa shape index (κ1) is 24.7. The van der Waals surface area contributed by atoms with Gasteiger partial charge < -0.3 is 4.74 Å². The van der Waals surface area contributed by atoms with E-state index in [1.54, 1.807) is 0 Å². The van der Waals surface area contributed by atoms with Gasteiger partial charge in [-0.2, -0.15) is 4.31 Å². The molecule has 1 fully saturated rings. The zero-order valence-corrected chi connectivity index (χ0v) is 20.1. The summed E-state index contributed by atoms with van der Waals surface area (Å²) >= 11 is 1.06. The Bertz CT molecular complexity index is 1360. The fourth-order valence-corrected chi connectivity index (χ4v) is 6.08. The molecule has 184 valence electrons. The lowest BCUT2D eigenvalue weighted by Crippen LogP contribution is -2.31. The Hall–Kier alpha value is -3.42. The Morgan fingerprint density at radius 1 is 1.09 bits per heavy atom. The number of benzene rings is 2. The Labute approximate surface area is 204 Å². The second kappa shape index (κ2) is 10.5. The summed E-state index contributed by atoms with van der Waals surface area (Å²) in [4.78, 5) is 39.1. The van der Waals surface area contributed by atoms with E-state index in [0.717, 1.165) is 37.0 Å². The van der Waals surface area contributed by atoms with Gasteiger partial charge in [0.05, 0.1) is 25.6 Å². The summed E-state index contributed by atoms with van der Waals surface area (Å²) in [7, 11) is -3.63. The van der Waals surface area contributed by atoms with E-state index in [4.69, 9.17) is 4.74 Å². The fraction of sp³-hybridized carbons (Fsp3) is 0.318. The van der Waals surface area contributed by atoms with Crippen molar-refractivity contribution in [3.05, 3.63) is 58.1 Å². The van der Waals surface area contributed by atoms with Crippen molar-refractivity contribution in [3.63, 3.8) is 0 Å². The lowest BCUT2D eigenvalue weighted by Gasteiger charge is -2.19. The van der Waals surface area contributed by atoms with Crippen molar-refractivity contribution in [1.29, 1.82) is 0 Å². The summed E-state index contributed by atoms with van der Waals surface area (Å²) in [5.74, 6) is -1.41. The molecule has 0 bridgehead atoms. The average Bonchev–Trinajstić information content (AvgIpc) is 3.03. The smallest absolute Gasteiger partial charge is 0.338 e. The van der Waals surface area contributed by atoms with Gasteiger partial charge in [0.25, 0.3) is 11.6 Å². The summed E-state index contributed by atoms with van der Waals surface area (Å²) < 4.78 is 32.7. The number of nitro benzene ring substituents is 1. The van der Waals surface area contributed by atoms with Crippen LogP contribution in [0.1, 0.15) is 36.0 Å². The zero-order chi connectivity index (χ0) is 25.0. The number of carbonyl (C=O) groups is 2. The molecule has 4 rings (SSSR count). The van der Waals surface area contributed by atoms with E-state index in [1.165, 1.54) is 46.8 Å². The number of aromatic nitrogens is 1. The molecule has 1 saturated heterocycles. The van der Waals surface area contributed by atoms with Crippen LogP contribution in [0.2, 0.25) is 0 Å². The van der Waals surface area contributed by atoms with Crippen LogP contribution >= 0.6 is 11.3 Å². The van der Waals surface area contributed by atoms with E-state index in [9.17, 15) is 28.1 Å². The lowest BCUT2D eigenvalue weighted by molar-refractivity contribution is -0.384. The number of anilines is 1. The molecule has 0 unspecified atom stereocenters. The summed E-state index contributed by atoms with van der Waals surface area (Å²) in [5, 5.41) is 13.6. The Morgan fingerprint density at radius 2 is 1.77 bits per heavy atom. The van der Waals surface area contributed by atoms with Gasteiger partial charge in [-0.1, -0.05) is 24.2 Å².